The molecule has 0 bridgehead atoms. The summed E-state index contributed by atoms with van der Waals surface area (Å²) in [6.07, 6.45) is 5.06. The topological polar surface area (TPSA) is 63.4 Å². The average molecular weight is 280 g/mol. The molecular weight excluding hydrogens is 263 g/mol. The van der Waals surface area contributed by atoms with Crippen molar-refractivity contribution in [3.63, 3.8) is 0 Å². The zero-order chi connectivity index (χ0) is 14.5. The molecule has 0 aliphatic carbocycles. The van der Waals surface area contributed by atoms with E-state index in [-0.39, 0.29) is 11.3 Å². The number of carbonyl (C=O) groups is 1. The van der Waals surface area contributed by atoms with Crippen molar-refractivity contribution in [2.45, 2.75) is 32.1 Å². The van der Waals surface area contributed by atoms with Gasteiger partial charge in [-0.1, -0.05) is 19.3 Å². The minimum atomic E-state index is -0.706. The van der Waals surface area contributed by atoms with E-state index in [9.17, 15) is 19.3 Å². The molecule has 1 aromatic rings. The molecule has 1 fully saturated rings. The van der Waals surface area contributed by atoms with Crippen molar-refractivity contribution in [2.24, 2.45) is 0 Å². The summed E-state index contributed by atoms with van der Waals surface area (Å²) in [5.74, 6) is -1.16. The number of non-ortho nitro benzene ring substituents is 1. The molecule has 6 heteroatoms. The van der Waals surface area contributed by atoms with E-state index in [1.54, 1.807) is 4.90 Å². The summed E-state index contributed by atoms with van der Waals surface area (Å²) in [6, 6.07) is 3.07. The lowest BCUT2D eigenvalue weighted by atomic mass is 10.1. The molecule has 1 amide bonds. The van der Waals surface area contributed by atoms with Crippen LogP contribution in [0.2, 0.25) is 0 Å². The van der Waals surface area contributed by atoms with Gasteiger partial charge in [-0.25, -0.2) is 4.39 Å². The molecule has 0 saturated carbocycles. The molecule has 1 aromatic carbocycles. The van der Waals surface area contributed by atoms with E-state index in [2.05, 4.69) is 0 Å². The number of halogens is 1. The molecular formula is C14H17FN2O3. The van der Waals surface area contributed by atoms with E-state index in [4.69, 9.17) is 0 Å². The molecule has 2 rings (SSSR count). The fraction of sp³-hybridized carbons (Fsp3) is 0.500. The van der Waals surface area contributed by atoms with Crippen LogP contribution in [0.4, 0.5) is 10.1 Å². The normalized spacial score (nSPS) is 16.4. The van der Waals surface area contributed by atoms with Crippen molar-refractivity contribution < 1.29 is 14.1 Å². The Hall–Kier alpha value is -1.98. The number of hydrogen-bond donors (Lipinski definition) is 0. The molecule has 0 N–H and O–H groups in total. The van der Waals surface area contributed by atoms with Crippen molar-refractivity contribution >= 4 is 11.6 Å². The minimum Gasteiger partial charge on any atom is -0.339 e. The number of amides is 1. The summed E-state index contributed by atoms with van der Waals surface area (Å²) in [7, 11) is 0. The third-order valence-corrected chi connectivity index (χ3v) is 3.53. The van der Waals surface area contributed by atoms with Gasteiger partial charge in [0, 0.05) is 25.2 Å². The third-order valence-electron chi connectivity index (χ3n) is 3.53. The van der Waals surface area contributed by atoms with E-state index < -0.39 is 16.6 Å². The molecule has 108 valence electrons. The maximum atomic E-state index is 13.8. The van der Waals surface area contributed by atoms with Crippen molar-refractivity contribution in [1.82, 2.24) is 4.90 Å². The van der Waals surface area contributed by atoms with Crippen LogP contribution in [0.1, 0.15) is 42.5 Å². The molecule has 1 heterocycles. The lowest BCUT2D eigenvalue weighted by molar-refractivity contribution is -0.384. The van der Waals surface area contributed by atoms with Gasteiger partial charge in [-0.05, 0) is 18.9 Å². The molecule has 1 aliphatic heterocycles. The van der Waals surface area contributed by atoms with Crippen molar-refractivity contribution in [1.29, 1.82) is 0 Å². The number of carbonyl (C=O) groups excluding carboxylic acids is 1. The van der Waals surface area contributed by atoms with Crippen LogP contribution in [-0.2, 0) is 0 Å². The highest BCUT2D eigenvalue weighted by Crippen LogP contribution is 2.20. The van der Waals surface area contributed by atoms with Gasteiger partial charge in [0.15, 0.2) is 0 Å². The second kappa shape index (κ2) is 6.45. The molecule has 20 heavy (non-hydrogen) atoms. The summed E-state index contributed by atoms with van der Waals surface area (Å²) in [4.78, 5) is 24.0. The average Bonchev–Trinajstić information content (AvgIpc) is 2.38. The van der Waals surface area contributed by atoms with E-state index in [0.717, 1.165) is 50.3 Å². The highest BCUT2D eigenvalue weighted by atomic mass is 19.1. The molecule has 0 aromatic heterocycles. The monoisotopic (exact) mass is 280 g/mol. The van der Waals surface area contributed by atoms with Crippen LogP contribution in [0.5, 0.6) is 0 Å². The predicted molar refractivity (Wildman–Crippen MR) is 72.0 cm³/mol. The number of nitro benzene ring substituents is 1. The summed E-state index contributed by atoms with van der Waals surface area (Å²) in [6.45, 7) is 1.17. The first kappa shape index (κ1) is 14.4. The Labute approximate surface area is 116 Å². The highest BCUT2D eigenvalue weighted by molar-refractivity contribution is 5.95. The van der Waals surface area contributed by atoms with E-state index in [1.807, 2.05) is 0 Å². The van der Waals surface area contributed by atoms with Gasteiger partial charge in [0.05, 0.1) is 10.5 Å². The van der Waals surface area contributed by atoms with E-state index >= 15 is 0 Å². The molecule has 1 saturated heterocycles. The molecule has 1 aliphatic rings. The Bertz CT molecular complexity index is 511. The van der Waals surface area contributed by atoms with Gasteiger partial charge in [-0.15, -0.1) is 0 Å². The van der Waals surface area contributed by atoms with Crippen LogP contribution in [0.15, 0.2) is 18.2 Å². The van der Waals surface area contributed by atoms with Crippen LogP contribution in [0.3, 0.4) is 0 Å². The van der Waals surface area contributed by atoms with Crippen LogP contribution >= 0.6 is 0 Å². The Kier molecular flexibility index (Phi) is 4.65. The quantitative estimate of drug-likeness (QED) is 0.617. The zero-order valence-corrected chi connectivity index (χ0v) is 11.2. The standard InChI is InChI=1S/C14H17FN2O3/c15-13-7-6-11(17(19)20)10-12(13)14(18)16-8-4-2-1-3-5-9-16/h6-7,10H,1-5,8-9H2. The first-order valence-electron chi connectivity index (χ1n) is 6.83. The highest BCUT2D eigenvalue weighted by Gasteiger charge is 2.22. The third kappa shape index (κ3) is 3.31. The summed E-state index contributed by atoms with van der Waals surface area (Å²) >= 11 is 0. The first-order valence-corrected chi connectivity index (χ1v) is 6.83. The zero-order valence-electron chi connectivity index (χ0n) is 11.2. The number of nitro groups is 1. The molecule has 0 spiro atoms. The largest absolute Gasteiger partial charge is 0.339 e. The number of likely N-dealkylation sites (tertiary alicyclic amines) is 1. The fourth-order valence-electron chi connectivity index (χ4n) is 2.41. The second-order valence-corrected chi connectivity index (χ2v) is 4.98. The van der Waals surface area contributed by atoms with Crippen LogP contribution < -0.4 is 0 Å². The van der Waals surface area contributed by atoms with Crippen LogP contribution in [0, 0.1) is 15.9 Å². The maximum absolute atomic E-state index is 13.8. The Morgan fingerprint density at radius 2 is 1.75 bits per heavy atom. The van der Waals surface area contributed by atoms with Gasteiger partial charge in [0.25, 0.3) is 11.6 Å². The lowest BCUT2D eigenvalue weighted by Gasteiger charge is -2.24. The van der Waals surface area contributed by atoms with Gasteiger partial charge < -0.3 is 4.90 Å². The minimum absolute atomic E-state index is 0.209. The van der Waals surface area contributed by atoms with Gasteiger partial charge in [-0.2, -0.15) is 0 Å². The fourth-order valence-corrected chi connectivity index (χ4v) is 2.41. The van der Waals surface area contributed by atoms with Crippen molar-refractivity contribution in [2.75, 3.05) is 13.1 Å². The summed E-state index contributed by atoms with van der Waals surface area (Å²) in [5, 5.41) is 10.7. The van der Waals surface area contributed by atoms with Gasteiger partial charge in [0.2, 0.25) is 0 Å². The number of benzene rings is 1. The van der Waals surface area contributed by atoms with Gasteiger partial charge in [-0.3, -0.25) is 14.9 Å². The molecule has 0 radical (unpaired) electrons. The van der Waals surface area contributed by atoms with Crippen molar-refractivity contribution in [3.8, 4) is 0 Å². The van der Waals surface area contributed by atoms with Gasteiger partial charge in [0.1, 0.15) is 5.82 Å². The second-order valence-electron chi connectivity index (χ2n) is 4.98. The van der Waals surface area contributed by atoms with Crippen molar-refractivity contribution in [3.05, 3.63) is 39.7 Å². The molecule has 5 nitrogen and oxygen atoms in total. The predicted octanol–water partition coefficient (Wildman–Crippen LogP) is 3.14. The Balaban J connectivity index is 2.22. The first-order chi connectivity index (χ1) is 9.59. The lowest BCUT2D eigenvalue weighted by Crippen LogP contribution is -2.34. The smallest absolute Gasteiger partial charge is 0.270 e. The molecule has 0 atom stereocenters. The number of nitrogens with zero attached hydrogens (tertiary/aromatic N) is 2. The Morgan fingerprint density at radius 1 is 1.15 bits per heavy atom. The molecule has 0 unspecified atom stereocenters. The Morgan fingerprint density at radius 3 is 2.35 bits per heavy atom. The number of hydrogen-bond acceptors (Lipinski definition) is 3. The number of rotatable bonds is 2. The van der Waals surface area contributed by atoms with E-state index in [0.29, 0.717) is 13.1 Å². The SMILES string of the molecule is O=C(c1cc([N+](=O)[O-])ccc1F)N1CCCCCCC1. The van der Waals surface area contributed by atoms with Crippen LogP contribution in [-0.4, -0.2) is 28.8 Å². The summed E-state index contributed by atoms with van der Waals surface area (Å²) in [5.41, 5.74) is -0.471. The van der Waals surface area contributed by atoms with E-state index in [1.165, 1.54) is 0 Å². The maximum Gasteiger partial charge on any atom is 0.270 e. The van der Waals surface area contributed by atoms with Gasteiger partial charge >= 0.3 is 0 Å². The van der Waals surface area contributed by atoms with Crippen LogP contribution in [0.25, 0.3) is 0 Å². The summed E-state index contributed by atoms with van der Waals surface area (Å²) < 4.78 is 13.8.